The van der Waals surface area contributed by atoms with Crippen LogP contribution in [0.3, 0.4) is 0 Å². The number of methoxy groups -OCH3 is 2. The molecule has 1 aliphatic heterocycles. The number of benzene rings is 1. The molecule has 1 N–H and O–H groups in total. The van der Waals surface area contributed by atoms with Crippen LogP contribution >= 0.6 is 0 Å². The first-order valence-corrected chi connectivity index (χ1v) is 6.82. The molecule has 2 rings (SSSR count). The Bertz CT molecular complexity index is 393. The van der Waals surface area contributed by atoms with Gasteiger partial charge in [0.15, 0.2) is 0 Å². The van der Waals surface area contributed by atoms with E-state index in [0.717, 1.165) is 19.6 Å². The Hall–Kier alpha value is -1.10. The highest BCUT2D eigenvalue weighted by Crippen LogP contribution is 2.31. The minimum absolute atomic E-state index is 0.396. The van der Waals surface area contributed by atoms with Gasteiger partial charge in [0.2, 0.25) is 5.79 Å². The van der Waals surface area contributed by atoms with Crippen molar-refractivity contribution in [3.8, 4) is 0 Å². The molecule has 1 aromatic carbocycles. The molecule has 0 bridgehead atoms. The highest BCUT2D eigenvalue weighted by atomic mass is 16.7. The number of nitrogens with one attached hydrogen (secondary N) is 1. The van der Waals surface area contributed by atoms with Crippen molar-refractivity contribution in [3.63, 3.8) is 0 Å². The molecule has 0 amide bonds. The third-order valence-corrected chi connectivity index (χ3v) is 3.88. The lowest BCUT2D eigenvalue weighted by molar-refractivity contribution is -0.219. The van der Waals surface area contributed by atoms with Gasteiger partial charge in [-0.1, -0.05) is 19.1 Å². The molecule has 0 aliphatic carbocycles. The van der Waals surface area contributed by atoms with Crippen molar-refractivity contribution in [2.24, 2.45) is 0 Å². The molecule has 4 nitrogen and oxygen atoms in total. The summed E-state index contributed by atoms with van der Waals surface area (Å²) in [7, 11) is 3.39. The average molecular weight is 264 g/mol. The van der Waals surface area contributed by atoms with E-state index in [4.69, 9.17) is 9.47 Å². The fourth-order valence-corrected chi connectivity index (χ4v) is 2.46. The van der Waals surface area contributed by atoms with Gasteiger partial charge in [-0.25, -0.2) is 0 Å². The van der Waals surface area contributed by atoms with Gasteiger partial charge in [0.05, 0.1) is 13.1 Å². The topological polar surface area (TPSA) is 33.7 Å². The molecule has 1 aromatic rings. The summed E-state index contributed by atoms with van der Waals surface area (Å²) in [6.45, 7) is 6.85. The van der Waals surface area contributed by atoms with E-state index in [1.54, 1.807) is 14.2 Å². The second kappa shape index (κ2) is 5.90. The van der Waals surface area contributed by atoms with E-state index in [0.29, 0.717) is 6.04 Å². The third kappa shape index (κ3) is 2.91. The Labute approximate surface area is 115 Å². The summed E-state index contributed by atoms with van der Waals surface area (Å²) in [5, 5.41) is 3.42. The zero-order chi connectivity index (χ0) is 13.9. The lowest BCUT2D eigenvalue weighted by Gasteiger charge is -2.48. The smallest absolute Gasteiger partial charge is 0.203 e. The van der Waals surface area contributed by atoms with E-state index in [9.17, 15) is 0 Å². The Balaban J connectivity index is 1.97. The lowest BCUT2D eigenvalue weighted by Crippen LogP contribution is -2.64. The normalized spacial score (nSPS) is 19.1. The Morgan fingerprint density at radius 2 is 1.79 bits per heavy atom. The van der Waals surface area contributed by atoms with Gasteiger partial charge >= 0.3 is 0 Å². The summed E-state index contributed by atoms with van der Waals surface area (Å²) in [4.78, 5) is 2.26. The van der Waals surface area contributed by atoms with Crippen LogP contribution in [-0.4, -0.2) is 39.6 Å². The fourth-order valence-electron chi connectivity index (χ4n) is 2.46. The maximum Gasteiger partial charge on any atom is 0.203 e. The number of anilines is 1. The van der Waals surface area contributed by atoms with Crippen LogP contribution in [0.2, 0.25) is 0 Å². The third-order valence-electron chi connectivity index (χ3n) is 3.88. The molecule has 0 spiro atoms. The summed E-state index contributed by atoms with van der Waals surface area (Å²) in [5.74, 6) is -0.421. The summed E-state index contributed by atoms with van der Waals surface area (Å²) in [5.41, 5.74) is 2.54. The molecule has 1 fully saturated rings. The molecule has 106 valence electrons. The van der Waals surface area contributed by atoms with E-state index in [1.165, 1.54) is 11.3 Å². The minimum Gasteiger partial charge on any atom is -0.361 e. The van der Waals surface area contributed by atoms with Crippen molar-refractivity contribution in [3.05, 3.63) is 29.8 Å². The molecule has 0 radical (unpaired) electrons. The SMILES string of the molecule is CCNC(C)c1ccc(N2CC(OC)(OC)C2)cc1. The maximum atomic E-state index is 5.39. The summed E-state index contributed by atoms with van der Waals surface area (Å²) in [6.07, 6.45) is 0. The van der Waals surface area contributed by atoms with Gasteiger partial charge < -0.3 is 19.7 Å². The number of hydrogen-bond donors (Lipinski definition) is 1. The number of hydrogen-bond acceptors (Lipinski definition) is 4. The predicted octanol–water partition coefficient (Wildman–Crippen LogP) is 2.17. The molecular formula is C15H24N2O2. The average Bonchev–Trinajstić information content (AvgIpc) is 2.40. The van der Waals surface area contributed by atoms with Crippen molar-refractivity contribution in [1.29, 1.82) is 0 Å². The number of nitrogens with zero attached hydrogens (tertiary/aromatic N) is 1. The molecule has 0 aromatic heterocycles. The van der Waals surface area contributed by atoms with E-state index in [2.05, 4.69) is 48.3 Å². The Morgan fingerprint density at radius 3 is 2.26 bits per heavy atom. The molecule has 1 heterocycles. The second-order valence-electron chi connectivity index (χ2n) is 5.05. The summed E-state index contributed by atoms with van der Waals surface area (Å²) >= 11 is 0. The number of rotatable bonds is 6. The van der Waals surface area contributed by atoms with E-state index in [1.807, 2.05) is 0 Å². The predicted molar refractivity (Wildman–Crippen MR) is 77.5 cm³/mol. The van der Waals surface area contributed by atoms with Crippen LogP contribution in [0.4, 0.5) is 5.69 Å². The molecule has 1 atom stereocenters. The van der Waals surface area contributed by atoms with Crippen molar-refractivity contribution in [1.82, 2.24) is 5.32 Å². The highest BCUT2D eigenvalue weighted by molar-refractivity contribution is 5.51. The Kier molecular flexibility index (Phi) is 4.45. The van der Waals surface area contributed by atoms with Crippen molar-refractivity contribution in [2.75, 3.05) is 38.8 Å². The van der Waals surface area contributed by atoms with Crippen molar-refractivity contribution in [2.45, 2.75) is 25.7 Å². The maximum absolute atomic E-state index is 5.39. The van der Waals surface area contributed by atoms with Crippen LogP contribution in [-0.2, 0) is 9.47 Å². The quantitative estimate of drug-likeness (QED) is 0.798. The van der Waals surface area contributed by atoms with Gasteiger partial charge in [-0.15, -0.1) is 0 Å². The Morgan fingerprint density at radius 1 is 1.21 bits per heavy atom. The summed E-state index contributed by atoms with van der Waals surface area (Å²) < 4.78 is 10.8. The van der Waals surface area contributed by atoms with Gasteiger partial charge in [-0.05, 0) is 31.2 Å². The summed E-state index contributed by atoms with van der Waals surface area (Å²) in [6, 6.07) is 9.09. The van der Waals surface area contributed by atoms with E-state index >= 15 is 0 Å². The largest absolute Gasteiger partial charge is 0.361 e. The van der Waals surface area contributed by atoms with Crippen LogP contribution in [0.5, 0.6) is 0 Å². The van der Waals surface area contributed by atoms with Gasteiger partial charge in [0, 0.05) is 25.9 Å². The van der Waals surface area contributed by atoms with Crippen LogP contribution < -0.4 is 10.2 Å². The lowest BCUT2D eigenvalue weighted by atomic mass is 10.0. The first kappa shape index (κ1) is 14.3. The van der Waals surface area contributed by atoms with Crippen LogP contribution in [0.15, 0.2) is 24.3 Å². The van der Waals surface area contributed by atoms with E-state index in [-0.39, 0.29) is 0 Å². The molecule has 4 heteroatoms. The zero-order valence-corrected chi connectivity index (χ0v) is 12.3. The first-order chi connectivity index (χ1) is 9.14. The van der Waals surface area contributed by atoms with Crippen LogP contribution in [0.1, 0.15) is 25.5 Å². The minimum atomic E-state index is -0.421. The van der Waals surface area contributed by atoms with Crippen molar-refractivity contribution < 1.29 is 9.47 Å². The standard InChI is InChI=1S/C15H24N2O2/c1-5-16-12(2)13-6-8-14(9-7-13)17-10-15(11-17,18-3)19-4/h6-9,12,16H,5,10-11H2,1-4H3. The molecular weight excluding hydrogens is 240 g/mol. The molecule has 1 aliphatic rings. The van der Waals surface area contributed by atoms with Gasteiger partial charge in [0.25, 0.3) is 0 Å². The van der Waals surface area contributed by atoms with Gasteiger partial charge in [-0.2, -0.15) is 0 Å². The molecule has 0 saturated carbocycles. The molecule has 19 heavy (non-hydrogen) atoms. The van der Waals surface area contributed by atoms with Gasteiger partial charge in [0.1, 0.15) is 0 Å². The second-order valence-corrected chi connectivity index (χ2v) is 5.05. The monoisotopic (exact) mass is 264 g/mol. The van der Waals surface area contributed by atoms with Crippen LogP contribution in [0.25, 0.3) is 0 Å². The molecule has 1 unspecified atom stereocenters. The number of ether oxygens (including phenoxy) is 2. The highest BCUT2D eigenvalue weighted by Gasteiger charge is 2.43. The van der Waals surface area contributed by atoms with Crippen LogP contribution in [0, 0.1) is 0 Å². The zero-order valence-electron chi connectivity index (χ0n) is 12.3. The first-order valence-electron chi connectivity index (χ1n) is 6.82. The fraction of sp³-hybridized carbons (Fsp3) is 0.600. The van der Waals surface area contributed by atoms with E-state index < -0.39 is 5.79 Å². The van der Waals surface area contributed by atoms with Gasteiger partial charge in [-0.3, -0.25) is 0 Å². The molecule has 1 saturated heterocycles. The van der Waals surface area contributed by atoms with Crippen molar-refractivity contribution >= 4 is 5.69 Å².